The van der Waals surface area contributed by atoms with Crippen molar-refractivity contribution >= 4 is 5.91 Å². The fraction of sp³-hybridized carbons (Fsp3) is 0.731. The van der Waals surface area contributed by atoms with Crippen LogP contribution in [0.1, 0.15) is 75.3 Å². The van der Waals surface area contributed by atoms with Gasteiger partial charge in [-0.2, -0.15) is 0 Å². The van der Waals surface area contributed by atoms with Crippen molar-refractivity contribution < 1.29 is 9.53 Å². The zero-order chi connectivity index (χ0) is 20.3. The van der Waals surface area contributed by atoms with E-state index in [1.165, 1.54) is 69.2 Å². The molecular weight excluding hydrogens is 372 g/mol. The van der Waals surface area contributed by atoms with Crippen LogP contribution in [0.5, 0.6) is 5.75 Å². The Balaban J connectivity index is 1.13. The number of amides is 1. The van der Waals surface area contributed by atoms with Gasteiger partial charge in [0.25, 0.3) is 0 Å². The van der Waals surface area contributed by atoms with Crippen LogP contribution in [0.25, 0.3) is 0 Å². The van der Waals surface area contributed by atoms with E-state index < -0.39 is 0 Å². The van der Waals surface area contributed by atoms with E-state index >= 15 is 0 Å². The Bertz CT molecular complexity index is 731. The molecule has 2 aliphatic heterocycles. The van der Waals surface area contributed by atoms with Crippen molar-refractivity contribution in [3.05, 3.63) is 29.3 Å². The summed E-state index contributed by atoms with van der Waals surface area (Å²) in [4.78, 5) is 17.6. The Morgan fingerprint density at radius 3 is 2.23 bits per heavy atom. The molecule has 0 aromatic heterocycles. The van der Waals surface area contributed by atoms with Gasteiger partial charge >= 0.3 is 0 Å². The second kappa shape index (κ2) is 9.30. The largest absolute Gasteiger partial charge is 0.490 e. The van der Waals surface area contributed by atoms with E-state index in [1.54, 1.807) is 0 Å². The van der Waals surface area contributed by atoms with Gasteiger partial charge in [-0.3, -0.25) is 9.69 Å². The van der Waals surface area contributed by atoms with Crippen LogP contribution in [0.4, 0.5) is 0 Å². The fourth-order valence-corrected chi connectivity index (χ4v) is 5.90. The van der Waals surface area contributed by atoms with Gasteiger partial charge in [0.15, 0.2) is 0 Å². The van der Waals surface area contributed by atoms with E-state index in [-0.39, 0.29) is 6.10 Å². The predicted molar refractivity (Wildman–Crippen MR) is 120 cm³/mol. The lowest BCUT2D eigenvalue weighted by Gasteiger charge is -2.36. The zero-order valence-electron chi connectivity index (χ0n) is 18.5. The smallest absolute Gasteiger partial charge is 0.225 e. The molecule has 1 aromatic rings. The topological polar surface area (TPSA) is 32.8 Å². The molecule has 0 atom stereocenters. The molecule has 5 rings (SSSR count). The number of carbonyl (C=O) groups excluding carboxylic acids is 1. The van der Waals surface area contributed by atoms with Crippen LogP contribution in [0.3, 0.4) is 0 Å². The number of benzene rings is 1. The molecule has 0 radical (unpaired) electrons. The van der Waals surface area contributed by atoms with Crippen molar-refractivity contribution in [1.82, 2.24) is 9.80 Å². The first-order chi connectivity index (χ1) is 14.8. The van der Waals surface area contributed by atoms with Gasteiger partial charge in [-0.25, -0.2) is 0 Å². The second-order valence-corrected chi connectivity index (χ2v) is 10.0. The first-order valence-corrected chi connectivity index (χ1v) is 12.6. The van der Waals surface area contributed by atoms with Gasteiger partial charge in [0.2, 0.25) is 5.91 Å². The number of hydrogen-bond acceptors (Lipinski definition) is 3. The molecular formula is C26H38N2O2. The van der Waals surface area contributed by atoms with Gasteiger partial charge in [-0.1, -0.05) is 31.7 Å². The maximum Gasteiger partial charge on any atom is 0.225 e. The lowest BCUT2D eigenvalue weighted by molar-refractivity contribution is -0.138. The molecule has 4 nitrogen and oxygen atoms in total. The van der Waals surface area contributed by atoms with E-state index in [0.717, 1.165) is 57.0 Å². The number of hydrogen-bond donors (Lipinski definition) is 0. The molecule has 1 amide bonds. The van der Waals surface area contributed by atoms with E-state index in [2.05, 4.69) is 28.0 Å². The highest BCUT2D eigenvalue weighted by molar-refractivity contribution is 5.79. The molecule has 1 aromatic carbocycles. The minimum absolute atomic E-state index is 0.246. The van der Waals surface area contributed by atoms with Crippen LogP contribution < -0.4 is 4.74 Å². The van der Waals surface area contributed by atoms with Crippen LogP contribution in [0.2, 0.25) is 0 Å². The third kappa shape index (κ3) is 4.54. The fourth-order valence-electron chi connectivity index (χ4n) is 5.90. The molecule has 30 heavy (non-hydrogen) atoms. The molecule has 3 fully saturated rings. The number of nitrogens with zero attached hydrogens (tertiary/aromatic N) is 2. The second-order valence-electron chi connectivity index (χ2n) is 10.0. The first-order valence-electron chi connectivity index (χ1n) is 12.6. The average Bonchev–Trinajstić information content (AvgIpc) is 2.96. The van der Waals surface area contributed by atoms with E-state index in [9.17, 15) is 4.79 Å². The summed E-state index contributed by atoms with van der Waals surface area (Å²) < 4.78 is 6.39. The monoisotopic (exact) mass is 410 g/mol. The molecule has 0 bridgehead atoms. The normalized spacial score (nSPS) is 24.7. The minimum atomic E-state index is 0.246. The molecule has 1 saturated heterocycles. The summed E-state index contributed by atoms with van der Waals surface area (Å²) in [6.45, 7) is 4.14. The number of rotatable bonds is 4. The van der Waals surface area contributed by atoms with Crippen molar-refractivity contribution in [2.24, 2.45) is 5.92 Å². The van der Waals surface area contributed by atoms with Gasteiger partial charge < -0.3 is 9.64 Å². The Morgan fingerprint density at radius 1 is 0.800 bits per heavy atom. The number of carbonyl (C=O) groups is 1. The lowest BCUT2D eigenvalue weighted by Crippen LogP contribution is -2.44. The highest BCUT2D eigenvalue weighted by Gasteiger charge is 2.30. The highest BCUT2D eigenvalue weighted by Crippen LogP contribution is 2.30. The van der Waals surface area contributed by atoms with Crippen molar-refractivity contribution in [2.45, 2.75) is 89.2 Å². The number of ether oxygens (including phenoxy) is 1. The van der Waals surface area contributed by atoms with Gasteiger partial charge in [0.05, 0.1) is 0 Å². The number of piperidine rings is 1. The maximum atomic E-state index is 12.8. The summed E-state index contributed by atoms with van der Waals surface area (Å²) in [6, 6.07) is 7.63. The summed E-state index contributed by atoms with van der Waals surface area (Å²) in [7, 11) is 0. The molecule has 2 saturated carbocycles. The summed E-state index contributed by atoms with van der Waals surface area (Å²) in [6.07, 6.45) is 14.7. The molecule has 0 unspecified atom stereocenters. The Morgan fingerprint density at radius 2 is 1.53 bits per heavy atom. The van der Waals surface area contributed by atoms with Crippen LogP contribution in [-0.2, 0) is 17.6 Å². The van der Waals surface area contributed by atoms with Crippen molar-refractivity contribution in [3.8, 4) is 5.75 Å². The Hall–Kier alpha value is -1.55. The number of likely N-dealkylation sites (tertiary alicyclic amines) is 1. The summed E-state index contributed by atoms with van der Waals surface area (Å²) >= 11 is 0. The van der Waals surface area contributed by atoms with Crippen molar-refractivity contribution in [3.63, 3.8) is 0 Å². The predicted octanol–water partition coefficient (Wildman–Crippen LogP) is 4.59. The third-order valence-electron chi connectivity index (χ3n) is 8.12. The van der Waals surface area contributed by atoms with Crippen LogP contribution in [0.15, 0.2) is 18.2 Å². The molecule has 0 spiro atoms. The molecule has 4 heteroatoms. The molecule has 2 aliphatic carbocycles. The van der Waals surface area contributed by atoms with E-state index in [0.29, 0.717) is 11.8 Å². The zero-order valence-corrected chi connectivity index (χ0v) is 18.5. The molecule has 0 N–H and O–H groups in total. The lowest BCUT2D eigenvalue weighted by atomic mass is 9.88. The van der Waals surface area contributed by atoms with Crippen molar-refractivity contribution in [1.29, 1.82) is 0 Å². The van der Waals surface area contributed by atoms with E-state index in [1.807, 2.05) is 0 Å². The van der Waals surface area contributed by atoms with Crippen LogP contribution >= 0.6 is 0 Å². The average molecular weight is 411 g/mol. The summed E-state index contributed by atoms with van der Waals surface area (Å²) in [5.74, 6) is 1.73. The highest BCUT2D eigenvalue weighted by atomic mass is 16.5. The Kier molecular flexibility index (Phi) is 6.31. The van der Waals surface area contributed by atoms with Crippen LogP contribution in [0, 0.1) is 5.92 Å². The molecule has 2 heterocycles. The van der Waals surface area contributed by atoms with Crippen LogP contribution in [-0.4, -0.2) is 54.0 Å². The summed E-state index contributed by atoms with van der Waals surface area (Å²) in [5, 5.41) is 0. The molecule has 4 aliphatic rings. The Labute approximate surface area is 182 Å². The van der Waals surface area contributed by atoms with E-state index in [4.69, 9.17) is 4.74 Å². The SMILES string of the molecule is O=C(C1CCCCC1)N1CCC(Oc2ccc3c(c2)CCN(C2CCC2)CC3)CC1. The maximum absolute atomic E-state index is 12.8. The number of fused-ring (bicyclic) bond motifs is 1. The van der Waals surface area contributed by atoms with Crippen molar-refractivity contribution in [2.75, 3.05) is 26.2 Å². The first kappa shape index (κ1) is 20.4. The quantitative estimate of drug-likeness (QED) is 0.728. The van der Waals surface area contributed by atoms with Gasteiger partial charge in [0, 0.05) is 51.0 Å². The minimum Gasteiger partial charge on any atom is -0.490 e. The third-order valence-corrected chi connectivity index (χ3v) is 8.12. The van der Waals surface area contributed by atoms with Gasteiger partial charge in [-0.15, -0.1) is 0 Å². The van der Waals surface area contributed by atoms with Gasteiger partial charge in [-0.05, 0) is 61.8 Å². The molecule has 164 valence electrons. The standard InChI is InChI=1S/C26H38N2O2/c29-26(21-5-2-1-3-6-21)28-17-13-24(14-18-28)30-25-10-9-20-11-15-27(23-7-4-8-23)16-12-22(20)19-25/h9-10,19,21,23-24H,1-8,11-18H2. The van der Waals surface area contributed by atoms with Gasteiger partial charge in [0.1, 0.15) is 11.9 Å². The summed E-state index contributed by atoms with van der Waals surface area (Å²) in [5.41, 5.74) is 3.00.